The number of unbranched alkanes of at least 4 members (excludes halogenated alkanes) is 18. The van der Waals surface area contributed by atoms with Gasteiger partial charge in [0.05, 0.1) is 0 Å². The predicted octanol–water partition coefficient (Wildman–Crippen LogP) is 13.2. The van der Waals surface area contributed by atoms with Crippen LogP contribution in [0.1, 0.15) is 201 Å². The first-order valence-corrected chi connectivity index (χ1v) is 21.1. The second kappa shape index (κ2) is 40.1. The molecule has 0 fully saturated rings. The van der Waals surface area contributed by atoms with Crippen molar-refractivity contribution in [3.8, 4) is 0 Å². The SMILES string of the molecule is CC/C=C\C/C=C\C/C=C\C/C=C\CCCCCCC(=O)OCC(COC(=O)CCCCCCCC)OC(=O)CCCCCCCCCCCC. The van der Waals surface area contributed by atoms with Crippen molar-refractivity contribution in [2.45, 2.75) is 207 Å². The normalized spacial score (nSPS) is 12.5. The van der Waals surface area contributed by atoms with Crippen LogP contribution in [0.4, 0.5) is 0 Å². The molecule has 0 aromatic heterocycles. The van der Waals surface area contributed by atoms with Gasteiger partial charge in [0.15, 0.2) is 6.10 Å². The van der Waals surface area contributed by atoms with E-state index in [0.29, 0.717) is 19.3 Å². The first-order chi connectivity index (χ1) is 25.0. The van der Waals surface area contributed by atoms with Crippen LogP contribution in [-0.4, -0.2) is 37.2 Å². The number of esters is 3. The summed E-state index contributed by atoms with van der Waals surface area (Å²) in [7, 11) is 0. The highest BCUT2D eigenvalue weighted by molar-refractivity contribution is 5.71. The van der Waals surface area contributed by atoms with Gasteiger partial charge >= 0.3 is 17.9 Å². The topological polar surface area (TPSA) is 78.9 Å². The number of hydrogen-bond donors (Lipinski definition) is 0. The predicted molar refractivity (Wildman–Crippen MR) is 215 cm³/mol. The average Bonchev–Trinajstić information content (AvgIpc) is 3.13. The maximum absolute atomic E-state index is 12.6. The zero-order valence-corrected chi connectivity index (χ0v) is 33.4. The molecule has 0 aliphatic rings. The van der Waals surface area contributed by atoms with Crippen LogP contribution in [-0.2, 0) is 28.6 Å². The van der Waals surface area contributed by atoms with Crippen molar-refractivity contribution in [2.75, 3.05) is 13.2 Å². The molecule has 0 aromatic rings. The lowest BCUT2D eigenvalue weighted by atomic mass is 10.1. The van der Waals surface area contributed by atoms with Crippen molar-refractivity contribution in [3.05, 3.63) is 48.6 Å². The van der Waals surface area contributed by atoms with Gasteiger partial charge < -0.3 is 14.2 Å². The van der Waals surface area contributed by atoms with Gasteiger partial charge in [0, 0.05) is 19.3 Å². The molecule has 51 heavy (non-hydrogen) atoms. The van der Waals surface area contributed by atoms with E-state index in [0.717, 1.165) is 96.3 Å². The van der Waals surface area contributed by atoms with Crippen molar-refractivity contribution in [2.24, 2.45) is 0 Å². The Hall–Kier alpha value is -2.63. The molecule has 6 heteroatoms. The van der Waals surface area contributed by atoms with E-state index in [4.69, 9.17) is 14.2 Å². The summed E-state index contributed by atoms with van der Waals surface area (Å²) >= 11 is 0. The van der Waals surface area contributed by atoms with Gasteiger partial charge in [0.2, 0.25) is 0 Å². The van der Waals surface area contributed by atoms with Crippen molar-refractivity contribution >= 4 is 17.9 Å². The Bertz CT molecular complexity index is 918. The van der Waals surface area contributed by atoms with Crippen molar-refractivity contribution in [1.29, 1.82) is 0 Å². The fraction of sp³-hybridized carbons (Fsp3) is 0.756. The highest BCUT2D eigenvalue weighted by atomic mass is 16.6. The lowest BCUT2D eigenvalue weighted by Crippen LogP contribution is -2.30. The van der Waals surface area contributed by atoms with Gasteiger partial charge in [-0.3, -0.25) is 14.4 Å². The van der Waals surface area contributed by atoms with Crippen LogP contribution in [0.5, 0.6) is 0 Å². The molecule has 0 aliphatic heterocycles. The standard InChI is InChI=1S/C45H78O6/c1-4-7-10-13-16-18-20-21-22-23-24-25-26-28-29-32-35-38-44(47)50-41-42(40-49-43(46)37-34-31-15-12-9-6-3)51-45(48)39-36-33-30-27-19-17-14-11-8-5-2/h7,10,16,18,21-22,24-25,42H,4-6,8-9,11-15,17,19-20,23,26-41H2,1-3H3/b10-7-,18-16-,22-21-,25-24-. The molecule has 0 radical (unpaired) electrons. The second-order valence-electron chi connectivity index (χ2n) is 13.9. The summed E-state index contributed by atoms with van der Waals surface area (Å²) in [4.78, 5) is 37.4. The van der Waals surface area contributed by atoms with Crippen molar-refractivity contribution in [1.82, 2.24) is 0 Å². The number of allylic oxidation sites excluding steroid dienone is 8. The number of carbonyl (C=O) groups excluding carboxylic acids is 3. The molecule has 0 saturated carbocycles. The molecule has 0 heterocycles. The lowest BCUT2D eigenvalue weighted by molar-refractivity contribution is -0.167. The molecule has 6 nitrogen and oxygen atoms in total. The summed E-state index contributed by atoms with van der Waals surface area (Å²) in [6.45, 7) is 6.41. The van der Waals surface area contributed by atoms with E-state index in [1.54, 1.807) is 0 Å². The largest absolute Gasteiger partial charge is 0.462 e. The van der Waals surface area contributed by atoms with Crippen LogP contribution < -0.4 is 0 Å². The zero-order chi connectivity index (χ0) is 37.3. The number of ether oxygens (including phenoxy) is 3. The molecule has 0 saturated heterocycles. The zero-order valence-electron chi connectivity index (χ0n) is 33.4. The van der Waals surface area contributed by atoms with Gasteiger partial charge in [-0.15, -0.1) is 0 Å². The van der Waals surface area contributed by atoms with E-state index in [-0.39, 0.29) is 31.1 Å². The molecular formula is C45H78O6. The number of rotatable bonds is 37. The van der Waals surface area contributed by atoms with Crippen LogP contribution >= 0.6 is 0 Å². The van der Waals surface area contributed by atoms with E-state index in [9.17, 15) is 14.4 Å². The lowest BCUT2D eigenvalue weighted by Gasteiger charge is -2.18. The molecule has 0 spiro atoms. The van der Waals surface area contributed by atoms with Gasteiger partial charge in [-0.25, -0.2) is 0 Å². The molecule has 0 rings (SSSR count). The Morgan fingerprint density at radius 1 is 0.412 bits per heavy atom. The third-order valence-electron chi connectivity index (χ3n) is 8.85. The van der Waals surface area contributed by atoms with Crippen molar-refractivity contribution < 1.29 is 28.6 Å². The Labute approximate surface area is 314 Å². The molecule has 0 bridgehead atoms. The third-order valence-corrected chi connectivity index (χ3v) is 8.85. The summed E-state index contributed by atoms with van der Waals surface area (Å²) in [5, 5.41) is 0. The summed E-state index contributed by atoms with van der Waals surface area (Å²) < 4.78 is 16.6. The molecule has 0 amide bonds. The Kier molecular flexibility index (Phi) is 38.1. The van der Waals surface area contributed by atoms with Crippen LogP contribution in [0.25, 0.3) is 0 Å². The Morgan fingerprint density at radius 3 is 1.20 bits per heavy atom. The molecule has 294 valence electrons. The van der Waals surface area contributed by atoms with Crippen LogP contribution in [0.15, 0.2) is 48.6 Å². The molecule has 1 unspecified atom stereocenters. The first kappa shape index (κ1) is 48.4. The van der Waals surface area contributed by atoms with Crippen LogP contribution in [0.2, 0.25) is 0 Å². The van der Waals surface area contributed by atoms with Gasteiger partial charge in [-0.05, 0) is 57.8 Å². The fourth-order valence-corrected chi connectivity index (χ4v) is 5.67. The Morgan fingerprint density at radius 2 is 0.765 bits per heavy atom. The van der Waals surface area contributed by atoms with E-state index in [2.05, 4.69) is 69.4 Å². The number of hydrogen-bond acceptors (Lipinski definition) is 6. The summed E-state index contributed by atoms with van der Waals surface area (Å²) in [6, 6.07) is 0. The smallest absolute Gasteiger partial charge is 0.306 e. The van der Waals surface area contributed by atoms with Crippen molar-refractivity contribution in [3.63, 3.8) is 0 Å². The summed E-state index contributed by atoms with van der Waals surface area (Å²) in [6.07, 6.45) is 45.4. The minimum absolute atomic E-state index is 0.0803. The van der Waals surface area contributed by atoms with E-state index in [1.165, 1.54) is 64.2 Å². The van der Waals surface area contributed by atoms with Gasteiger partial charge in [0.1, 0.15) is 13.2 Å². The van der Waals surface area contributed by atoms with E-state index >= 15 is 0 Å². The molecular weight excluding hydrogens is 636 g/mol. The first-order valence-electron chi connectivity index (χ1n) is 21.1. The van der Waals surface area contributed by atoms with Gasteiger partial charge in [0.25, 0.3) is 0 Å². The fourth-order valence-electron chi connectivity index (χ4n) is 5.67. The average molecular weight is 715 g/mol. The maximum atomic E-state index is 12.6. The van der Waals surface area contributed by atoms with E-state index in [1.807, 2.05) is 0 Å². The molecule has 0 N–H and O–H groups in total. The van der Waals surface area contributed by atoms with Gasteiger partial charge in [-0.2, -0.15) is 0 Å². The molecule has 0 aliphatic carbocycles. The second-order valence-corrected chi connectivity index (χ2v) is 13.9. The van der Waals surface area contributed by atoms with Crippen LogP contribution in [0.3, 0.4) is 0 Å². The molecule has 0 aromatic carbocycles. The highest BCUT2D eigenvalue weighted by Gasteiger charge is 2.19. The minimum Gasteiger partial charge on any atom is -0.462 e. The van der Waals surface area contributed by atoms with Crippen LogP contribution in [0, 0.1) is 0 Å². The monoisotopic (exact) mass is 715 g/mol. The Balaban J connectivity index is 4.31. The number of carbonyl (C=O) groups is 3. The molecule has 1 atom stereocenters. The maximum Gasteiger partial charge on any atom is 0.306 e. The third kappa shape index (κ3) is 38.4. The quantitative estimate of drug-likeness (QED) is 0.0276. The van der Waals surface area contributed by atoms with E-state index < -0.39 is 6.10 Å². The van der Waals surface area contributed by atoms with Gasteiger partial charge in [-0.1, -0.05) is 172 Å². The minimum atomic E-state index is -0.774. The highest BCUT2D eigenvalue weighted by Crippen LogP contribution is 2.13. The summed E-state index contributed by atoms with van der Waals surface area (Å²) in [5.41, 5.74) is 0. The summed E-state index contributed by atoms with van der Waals surface area (Å²) in [5.74, 6) is -0.920.